The maximum absolute atomic E-state index is 12.9. The maximum Gasteiger partial charge on any atom is 0.426 e. The van der Waals surface area contributed by atoms with Crippen LogP contribution in [0.2, 0.25) is 0 Å². The number of hydrogen-bond acceptors (Lipinski definition) is 3. The van der Waals surface area contributed by atoms with Crippen LogP contribution < -0.4 is 5.32 Å². The third kappa shape index (κ3) is 5.24. The molecule has 0 heterocycles. The number of halogens is 3. The fraction of sp³-hybridized carbons (Fsp3) is 0.731. The van der Waals surface area contributed by atoms with E-state index in [2.05, 4.69) is 31.0 Å². The summed E-state index contributed by atoms with van der Waals surface area (Å²) >= 11 is 0. The molecule has 0 spiro atoms. The molecule has 1 amide bonds. The molecule has 3 saturated carbocycles. The molecular weight excluding hydrogens is 431 g/mol. The first-order chi connectivity index (χ1) is 15.3. The summed E-state index contributed by atoms with van der Waals surface area (Å²) in [6, 6.07) is 0. The van der Waals surface area contributed by atoms with E-state index in [-0.39, 0.29) is 29.9 Å². The summed E-state index contributed by atoms with van der Waals surface area (Å²) in [5.41, 5.74) is 0.264. The van der Waals surface area contributed by atoms with E-state index >= 15 is 0 Å². The zero-order valence-corrected chi connectivity index (χ0v) is 20.0. The fourth-order valence-electron chi connectivity index (χ4n) is 6.31. The number of aliphatic hydroxyl groups is 2. The summed E-state index contributed by atoms with van der Waals surface area (Å²) in [4.78, 5) is 12.0. The van der Waals surface area contributed by atoms with Crippen LogP contribution in [-0.4, -0.2) is 40.5 Å². The highest BCUT2D eigenvalue weighted by Crippen LogP contribution is 2.59. The first-order valence-electron chi connectivity index (χ1n) is 12.1. The SMILES string of the molecule is C=C1CCC(O)CC1=CC=C1CCC[C@@]2(C)C1CCC2[C@H](C)CNC(=O)C(C)(O)C(F)(F)F. The summed E-state index contributed by atoms with van der Waals surface area (Å²) in [7, 11) is 0. The molecule has 3 N–H and O–H groups in total. The van der Waals surface area contributed by atoms with Crippen molar-refractivity contribution < 1.29 is 28.2 Å². The topological polar surface area (TPSA) is 69.6 Å². The predicted molar refractivity (Wildman–Crippen MR) is 122 cm³/mol. The van der Waals surface area contributed by atoms with E-state index < -0.39 is 17.7 Å². The van der Waals surface area contributed by atoms with Crippen molar-refractivity contribution in [2.24, 2.45) is 23.2 Å². The number of carbonyl (C=O) groups is 1. The van der Waals surface area contributed by atoms with Gasteiger partial charge in [0.15, 0.2) is 0 Å². The second-order valence-electron chi connectivity index (χ2n) is 10.8. The lowest BCUT2D eigenvalue weighted by Gasteiger charge is -2.44. The second kappa shape index (κ2) is 9.57. The predicted octanol–water partition coefficient (Wildman–Crippen LogP) is 5.22. The van der Waals surface area contributed by atoms with Crippen LogP contribution >= 0.6 is 0 Å². The monoisotopic (exact) mass is 469 g/mol. The van der Waals surface area contributed by atoms with E-state index in [0.29, 0.717) is 19.3 Å². The van der Waals surface area contributed by atoms with E-state index in [9.17, 15) is 28.2 Å². The molecule has 4 unspecified atom stereocenters. The lowest BCUT2D eigenvalue weighted by Crippen LogP contribution is -2.55. The van der Waals surface area contributed by atoms with Gasteiger partial charge in [0.1, 0.15) is 0 Å². The third-order valence-corrected chi connectivity index (χ3v) is 8.49. The van der Waals surface area contributed by atoms with E-state index in [4.69, 9.17) is 0 Å². The molecule has 3 rings (SSSR count). The summed E-state index contributed by atoms with van der Waals surface area (Å²) in [5, 5.41) is 21.9. The Morgan fingerprint density at radius 2 is 1.97 bits per heavy atom. The standard InChI is InChI=1S/C26H38F3NO3/c1-16-7-10-20(31)14-19(16)9-8-18-6-5-13-24(3)21(11-12-22(18)24)17(2)15-30-23(32)25(4,33)26(27,28)29/h8-9,17,20-22,31,33H,1,5-7,10-15H2,2-4H3,(H,30,32)/t17-,20?,21?,22?,24-,25?/m1/s1. The molecule has 7 heteroatoms. The molecule has 3 aliphatic rings. The molecule has 0 saturated heterocycles. The molecule has 3 fully saturated rings. The highest BCUT2D eigenvalue weighted by atomic mass is 19.4. The van der Waals surface area contributed by atoms with Crippen LogP contribution in [-0.2, 0) is 4.79 Å². The Bertz CT molecular complexity index is 829. The summed E-state index contributed by atoms with van der Waals surface area (Å²) in [6.45, 7) is 9.01. The van der Waals surface area contributed by atoms with Gasteiger partial charge in [-0.3, -0.25) is 4.79 Å². The molecule has 186 valence electrons. The van der Waals surface area contributed by atoms with Gasteiger partial charge in [0.25, 0.3) is 5.91 Å². The van der Waals surface area contributed by atoms with Crippen molar-refractivity contribution in [3.8, 4) is 0 Å². The molecule has 0 radical (unpaired) electrons. The number of hydrogen-bond donors (Lipinski definition) is 3. The number of aliphatic hydroxyl groups excluding tert-OH is 1. The summed E-state index contributed by atoms with van der Waals surface area (Å²) < 4.78 is 38.8. The highest BCUT2D eigenvalue weighted by molar-refractivity contribution is 5.85. The number of fused-ring (bicyclic) bond motifs is 1. The van der Waals surface area contributed by atoms with Gasteiger partial charge in [0, 0.05) is 6.54 Å². The average Bonchev–Trinajstić information content (AvgIpc) is 3.09. The Balaban J connectivity index is 1.69. The van der Waals surface area contributed by atoms with Gasteiger partial charge in [-0.15, -0.1) is 0 Å². The molecule has 6 atom stereocenters. The van der Waals surface area contributed by atoms with Crippen molar-refractivity contribution in [3.05, 3.63) is 35.5 Å². The first kappa shape index (κ1) is 26.0. The summed E-state index contributed by atoms with van der Waals surface area (Å²) in [5.74, 6) is -0.709. The molecular formula is C26H38F3NO3. The Morgan fingerprint density at radius 3 is 2.64 bits per heavy atom. The number of allylic oxidation sites excluding steroid dienone is 4. The van der Waals surface area contributed by atoms with Crippen molar-refractivity contribution in [2.75, 3.05) is 6.54 Å². The number of carbonyl (C=O) groups excluding carboxylic acids is 1. The molecule has 33 heavy (non-hydrogen) atoms. The van der Waals surface area contributed by atoms with Gasteiger partial charge in [0.05, 0.1) is 6.10 Å². The van der Waals surface area contributed by atoms with Crippen LogP contribution in [0.25, 0.3) is 0 Å². The lowest BCUT2D eigenvalue weighted by molar-refractivity contribution is -0.245. The molecule has 0 aromatic rings. The average molecular weight is 470 g/mol. The number of rotatable bonds is 5. The number of alkyl halides is 3. The van der Waals surface area contributed by atoms with E-state index in [0.717, 1.165) is 56.1 Å². The van der Waals surface area contributed by atoms with Crippen LogP contribution in [0.5, 0.6) is 0 Å². The minimum Gasteiger partial charge on any atom is -0.393 e. The molecule has 0 aromatic carbocycles. The van der Waals surface area contributed by atoms with Gasteiger partial charge in [0.2, 0.25) is 5.60 Å². The second-order valence-corrected chi connectivity index (χ2v) is 10.8. The molecule has 0 bridgehead atoms. The minimum absolute atomic E-state index is 0.000965. The lowest BCUT2D eigenvalue weighted by atomic mass is 9.61. The van der Waals surface area contributed by atoms with Crippen molar-refractivity contribution in [1.82, 2.24) is 5.32 Å². The van der Waals surface area contributed by atoms with Crippen molar-refractivity contribution in [2.45, 2.75) is 90.0 Å². The Morgan fingerprint density at radius 1 is 1.27 bits per heavy atom. The van der Waals surface area contributed by atoms with Crippen LogP contribution in [0, 0.1) is 23.2 Å². The van der Waals surface area contributed by atoms with Crippen LogP contribution in [0.3, 0.4) is 0 Å². The van der Waals surface area contributed by atoms with Gasteiger partial charge >= 0.3 is 6.18 Å². The molecule has 3 aliphatic carbocycles. The Kier molecular flexibility index (Phi) is 7.54. The Labute approximate surface area is 195 Å². The largest absolute Gasteiger partial charge is 0.426 e. The third-order valence-electron chi connectivity index (χ3n) is 8.49. The first-order valence-corrected chi connectivity index (χ1v) is 12.1. The zero-order chi connectivity index (χ0) is 24.6. The maximum atomic E-state index is 12.9. The van der Waals surface area contributed by atoms with E-state index in [1.54, 1.807) is 0 Å². The smallest absolute Gasteiger partial charge is 0.393 e. The van der Waals surface area contributed by atoms with Gasteiger partial charge in [-0.2, -0.15) is 13.2 Å². The zero-order valence-electron chi connectivity index (χ0n) is 20.0. The summed E-state index contributed by atoms with van der Waals surface area (Å²) in [6.07, 6.45) is 6.40. The molecule has 4 nitrogen and oxygen atoms in total. The van der Waals surface area contributed by atoms with E-state index in [1.807, 2.05) is 6.92 Å². The van der Waals surface area contributed by atoms with Gasteiger partial charge < -0.3 is 15.5 Å². The normalized spacial score (nSPS) is 35.9. The molecule has 0 aromatic heterocycles. The van der Waals surface area contributed by atoms with Gasteiger partial charge in [-0.25, -0.2) is 0 Å². The van der Waals surface area contributed by atoms with Crippen LogP contribution in [0.15, 0.2) is 35.5 Å². The highest BCUT2D eigenvalue weighted by Gasteiger charge is 2.56. The van der Waals surface area contributed by atoms with Gasteiger partial charge in [-0.05, 0) is 87.0 Å². The van der Waals surface area contributed by atoms with Gasteiger partial charge in [-0.1, -0.05) is 43.7 Å². The Hall–Kier alpha value is -1.60. The number of amides is 1. The van der Waals surface area contributed by atoms with Crippen molar-refractivity contribution >= 4 is 5.91 Å². The van der Waals surface area contributed by atoms with Crippen LogP contribution in [0.4, 0.5) is 13.2 Å². The van der Waals surface area contributed by atoms with E-state index in [1.165, 1.54) is 5.57 Å². The number of nitrogens with one attached hydrogen (secondary N) is 1. The van der Waals surface area contributed by atoms with Crippen molar-refractivity contribution in [3.63, 3.8) is 0 Å². The van der Waals surface area contributed by atoms with Crippen molar-refractivity contribution in [1.29, 1.82) is 0 Å². The van der Waals surface area contributed by atoms with Crippen LogP contribution in [0.1, 0.15) is 72.1 Å². The molecule has 0 aliphatic heterocycles. The fourth-order valence-corrected chi connectivity index (χ4v) is 6.31. The minimum atomic E-state index is -5.01. The quantitative estimate of drug-likeness (QED) is 0.517.